The zero-order valence-corrected chi connectivity index (χ0v) is 13.8. The molecule has 0 aliphatic carbocycles. The molecule has 1 aliphatic rings. The molecule has 2 rings (SSSR count). The van der Waals surface area contributed by atoms with E-state index in [0.29, 0.717) is 23.4 Å². The first kappa shape index (κ1) is 15.8. The lowest BCUT2D eigenvalue weighted by atomic mass is 10.0. The van der Waals surface area contributed by atoms with Gasteiger partial charge in [-0.05, 0) is 47.5 Å². The van der Waals surface area contributed by atoms with E-state index in [1.54, 1.807) is 12.1 Å². The maximum atomic E-state index is 12.3. The smallest absolute Gasteiger partial charge is 0.240 e. The first-order chi connectivity index (χ1) is 9.44. The van der Waals surface area contributed by atoms with Crippen LogP contribution in [0, 0.1) is 5.92 Å². The van der Waals surface area contributed by atoms with Gasteiger partial charge in [0.15, 0.2) is 0 Å². The molecule has 0 aromatic heterocycles. The van der Waals surface area contributed by atoms with Gasteiger partial charge in [0.05, 0.1) is 23.1 Å². The second kappa shape index (κ2) is 6.43. The summed E-state index contributed by atoms with van der Waals surface area (Å²) in [7, 11) is -2.00. The van der Waals surface area contributed by atoms with Crippen LogP contribution in [0.2, 0.25) is 0 Å². The van der Waals surface area contributed by atoms with Crippen molar-refractivity contribution in [2.75, 3.05) is 20.3 Å². The zero-order chi connectivity index (χ0) is 14.8. The van der Waals surface area contributed by atoms with Gasteiger partial charge in [-0.25, -0.2) is 13.1 Å². The van der Waals surface area contributed by atoms with Gasteiger partial charge in [-0.1, -0.05) is 0 Å². The molecule has 2 unspecified atom stereocenters. The molecule has 1 aromatic rings. The number of sulfonamides is 1. The minimum Gasteiger partial charge on any atom is -0.496 e. The number of hydrogen-bond donors (Lipinski definition) is 1. The predicted molar refractivity (Wildman–Crippen MR) is 79.4 cm³/mol. The third-order valence-corrected chi connectivity index (χ3v) is 5.62. The van der Waals surface area contributed by atoms with Crippen LogP contribution in [0.5, 0.6) is 5.75 Å². The van der Waals surface area contributed by atoms with Crippen LogP contribution in [0.25, 0.3) is 0 Å². The Balaban J connectivity index is 2.15. The molecule has 1 heterocycles. The Morgan fingerprint density at radius 3 is 2.80 bits per heavy atom. The van der Waals surface area contributed by atoms with E-state index < -0.39 is 10.0 Å². The molecule has 0 spiro atoms. The molecule has 0 bridgehead atoms. The van der Waals surface area contributed by atoms with Gasteiger partial charge in [0.2, 0.25) is 10.0 Å². The lowest BCUT2D eigenvalue weighted by Gasteiger charge is -2.19. The van der Waals surface area contributed by atoms with Gasteiger partial charge >= 0.3 is 0 Å². The second-order valence-electron chi connectivity index (χ2n) is 4.83. The summed E-state index contributed by atoms with van der Waals surface area (Å²) in [5.74, 6) is 0.827. The van der Waals surface area contributed by atoms with Crippen molar-refractivity contribution in [1.29, 1.82) is 0 Å². The fourth-order valence-corrected chi connectivity index (χ4v) is 4.20. The van der Waals surface area contributed by atoms with Gasteiger partial charge < -0.3 is 9.47 Å². The third-order valence-electron chi connectivity index (χ3n) is 3.45. The number of ether oxygens (including phenoxy) is 2. The molecule has 0 amide bonds. The molecule has 20 heavy (non-hydrogen) atoms. The lowest BCUT2D eigenvalue weighted by Crippen LogP contribution is -2.38. The van der Waals surface area contributed by atoms with E-state index in [1.165, 1.54) is 13.2 Å². The summed E-state index contributed by atoms with van der Waals surface area (Å²) in [6, 6.07) is 4.55. The average Bonchev–Trinajstić information content (AvgIpc) is 2.92. The van der Waals surface area contributed by atoms with E-state index in [4.69, 9.17) is 9.47 Å². The molecule has 5 nitrogen and oxygen atoms in total. The minimum absolute atomic E-state index is 0.150. The molecule has 112 valence electrons. The molecule has 0 saturated carbocycles. The lowest BCUT2D eigenvalue weighted by molar-refractivity contribution is 0.180. The molecule has 1 N–H and O–H groups in total. The molecular weight excluding hydrogens is 346 g/mol. The minimum atomic E-state index is -3.54. The fraction of sp³-hybridized carbons (Fsp3) is 0.538. The van der Waals surface area contributed by atoms with Crippen LogP contribution in [0.4, 0.5) is 0 Å². The highest BCUT2D eigenvalue weighted by atomic mass is 79.9. The summed E-state index contributed by atoms with van der Waals surface area (Å²) in [5.41, 5.74) is 0. The van der Waals surface area contributed by atoms with Gasteiger partial charge in [-0.15, -0.1) is 0 Å². The molecule has 2 atom stereocenters. The average molecular weight is 364 g/mol. The van der Waals surface area contributed by atoms with E-state index in [2.05, 4.69) is 20.7 Å². The molecule has 1 aliphatic heterocycles. The topological polar surface area (TPSA) is 64.6 Å². The summed E-state index contributed by atoms with van der Waals surface area (Å²) in [6.45, 7) is 3.18. The summed E-state index contributed by atoms with van der Waals surface area (Å²) in [5, 5.41) is 0. The maximum absolute atomic E-state index is 12.3. The van der Waals surface area contributed by atoms with E-state index in [9.17, 15) is 8.42 Å². The number of methoxy groups -OCH3 is 1. The molecule has 1 fully saturated rings. The van der Waals surface area contributed by atoms with Crippen LogP contribution < -0.4 is 9.46 Å². The SMILES string of the molecule is COc1ccc(S(=O)(=O)NC(C)C2CCOC2)cc1Br. The fourth-order valence-electron chi connectivity index (χ4n) is 2.17. The van der Waals surface area contributed by atoms with E-state index in [-0.39, 0.29) is 16.9 Å². The van der Waals surface area contributed by atoms with Crippen LogP contribution in [0.3, 0.4) is 0 Å². The van der Waals surface area contributed by atoms with Crippen LogP contribution in [0.1, 0.15) is 13.3 Å². The van der Waals surface area contributed by atoms with Crippen molar-refractivity contribution < 1.29 is 17.9 Å². The summed E-state index contributed by atoms with van der Waals surface area (Å²) in [6.07, 6.45) is 0.885. The largest absolute Gasteiger partial charge is 0.496 e. The number of rotatable bonds is 5. The number of hydrogen-bond acceptors (Lipinski definition) is 4. The maximum Gasteiger partial charge on any atom is 0.240 e. The van der Waals surface area contributed by atoms with Crippen molar-refractivity contribution in [2.45, 2.75) is 24.3 Å². The van der Waals surface area contributed by atoms with E-state index in [0.717, 1.165) is 6.42 Å². The van der Waals surface area contributed by atoms with Crippen LogP contribution in [0.15, 0.2) is 27.6 Å². The van der Waals surface area contributed by atoms with Crippen molar-refractivity contribution in [3.8, 4) is 5.75 Å². The Hall–Kier alpha value is -0.630. The van der Waals surface area contributed by atoms with Gasteiger partial charge in [0, 0.05) is 18.6 Å². The highest BCUT2D eigenvalue weighted by Crippen LogP contribution is 2.28. The Bertz CT molecular complexity index is 570. The quantitative estimate of drug-likeness (QED) is 0.870. The first-order valence-electron chi connectivity index (χ1n) is 6.37. The predicted octanol–water partition coefficient (Wildman–Crippen LogP) is 2.16. The van der Waals surface area contributed by atoms with Crippen LogP contribution in [-0.2, 0) is 14.8 Å². The van der Waals surface area contributed by atoms with Crippen molar-refractivity contribution in [3.63, 3.8) is 0 Å². The zero-order valence-electron chi connectivity index (χ0n) is 11.4. The highest BCUT2D eigenvalue weighted by molar-refractivity contribution is 9.10. The summed E-state index contributed by atoms with van der Waals surface area (Å²) >= 11 is 3.30. The number of nitrogens with one attached hydrogen (secondary N) is 1. The van der Waals surface area contributed by atoms with E-state index in [1.807, 2.05) is 6.92 Å². The Labute approximate surface area is 127 Å². The summed E-state index contributed by atoms with van der Waals surface area (Å²) < 4.78 is 38.4. The van der Waals surface area contributed by atoms with Crippen molar-refractivity contribution in [3.05, 3.63) is 22.7 Å². The summed E-state index contributed by atoms with van der Waals surface area (Å²) in [4.78, 5) is 0.218. The highest BCUT2D eigenvalue weighted by Gasteiger charge is 2.27. The molecule has 1 aromatic carbocycles. The van der Waals surface area contributed by atoms with Gasteiger partial charge in [-0.3, -0.25) is 0 Å². The Morgan fingerprint density at radius 1 is 1.50 bits per heavy atom. The Morgan fingerprint density at radius 2 is 2.25 bits per heavy atom. The van der Waals surface area contributed by atoms with E-state index >= 15 is 0 Å². The second-order valence-corrected chi connectivity index (χ2v) is 7.40. The molecular formula is C13H18BrNO4S. The number of benzene rings is 1. The van der Waals surface area contributed by atoms with Crippen molar-refractivity contribution in [1.82, 2.24) is 4.72 Å². The molecule has 7 heteroatoms. The van der Waals surface area contributed by atoms with Gasteiger partial charge in [0.25, 0.3) is 0 Å². The van der Waals surface area contributed by atoms with Crippen LogP contribution in [-0.4, -0.2) is 34.8 Å². The number of halogens is 1. The van der Waals surface area contributed by atoms with Gasteiger partial charge in [-0.2, -0.15) is 0 Å². The van der Waals surface area contributed by atoms with Crippen molar-refractivity contribution in [2.24, 2.45) is 5.92 Å². The molecule has 0 radical (unpaired) electrons. The first-order valence-corrected chi connectivity index (χ1v) is 8.65. The monoisotopic (exact) mass is 363 g/mol. The Kier molecular flexibility index (Phi) is 5.06. The van der Waals surface area contributed by atoms with Crippen LogP contribution >= 0.6 is 15.9 Å². The normalized spacial score (nSPS) is 20.9. The van der Waals surface area contributed by atoms with Crippen molar-refractivity contribution >= 4 is 26.0 Å². The molecule has 1 saturated heterocycles. The standard InChI is InChI=1S/C13H18BrNO4S/c1-9(10-5-6-19-8-10)15-20(16,17)11-3-4-13(18-2)12(14)7-11/h3-4,7,9-10,15H,5-6,8H2,1-2H3. The third kappa shape index (κ3) is 3.52. The van der Waals surface area contributed by atoms with Gasteiger partial charge in [0.1, 0.15) is 5.75 Å².